The van der Waals surface area contributed by atoms with Gasteiger partial charge in [0.1, 0.15) is 11.9 Å². The number of carbonyl (C=O) groups excluding carboxylic acids is 1. The van der Waals surface area contributed by atoms with Gasteiger partial charge in [-0.25, -0.2) is 4.39 Å². The van der Waals surface area contributed by atoms with Crippen LogP contribution in [0.3, 0.4) is 0 Å². The van der Waals surface area contributed by atoms with Crippen LogP contribution in [0.2, 0.25) is 0 Å². The molecule has 132 valence electrons. The summed E-state index contributed by atoms with van der Waals surface area (Å²) < 4.78 is 14.1. The molecule has 1 amide bonds. The molecule has 0 spiro atoms. The molecule has 2 aromatic carbocycles. The van der Waals surface area contributed by atoms with E-state index in [1.807, 2.05) is 18.2 Å². The zero-order valence-corrected chi connectivity index (χ0v) is 14.6. The summed E-state index contributed by atoms with van der Waals surface area (Å²) in [5, 5.41) is 0. The maximum Gasteiger partial charge on any atom is 0.249 e. The Morgan fingerprint density at radius 3 is 2.60 bits per heavy atom. The summed E-state index contributed by atoms with van der Waals surface area (Å²) in [6.45, 7) is 1.37. The molecule has 4 rings (SSSR count). The van der Waals surface area contributed by atoms with E-state index in [0.717, 1.165) is 36.3 Å². The third kappa shape index (κ3) is 2.93. The molecule has 0 aromatic heterocycles. The number of benzene rings is 2. The van der Waals surface area contributed by atoms with Gasteiger partial charge in [-0.15, -0.1) is 12.4 Å². The number of hydrogen-bond donors (Lipinski definition) is 1. The number of fused-ring (bicyclic) bond motifs is 1. The van der Waals surface area contributed by atoms with E-state index in [1.54, 1.807) is 23.1 Å². The lowest BCUT2D eigenvalue weighted by molar-refractivity contribution is -0.118. The highest BCUT2D eigenvalue weighted by Crippen LogP contribution is 2.36. The van der Waals surface area contributed by atoms with Crippen LogP contribution >= 0.6 is 12.4 Å². The van der Waals surface area contributed by atoms with Gasteiger partial charge in [0.05, 0.1) is 5.69 Å². The Hall–Kier alpha value is -2.27. The quantitative estimate of drug-likeness (QED) is 0.834. The number of nitrogens with zero attached hydrogens (tertiary/aromatic N) is 2. The number of halogens is 2. The standard InChI is InChI=1S/C19H20FN3O.ClH/c20-14-6-1-2-8-17(14)23-12-10-18(19(23)24)22-11-4-5-13-15(21)7-3-9-16(13)22;/h1-3,6-9,18H,4-5,10-12,21H2;1H. The van der Waals surface area contributed by atoms with Crippen LogP contribution in [0.5, 0.6) is 0 Å². The first-order valence-corrected chi connectivity index (χ1v) is 8.37. The molecule has 2 aromatic rings. The van der Waals surface area contributed by atoms with Gasteiger partial charge in [0.2, 0.25) is 5.91 Å². The minimum absolute atomic E-state index is 0. The second kappa shape index (κ2) is 6.92. The normalized spacial score (nSPS) is 19.6. The van der Waals surface area contributed by atoms with E-state index in [-0.39, 0.29) is 30.2 Å². The first-order valence-electron chi connectivity index (χ1n) is 8.37. The zero-order valence-electron chi connectivity index (χ0n) is 13.8. The topological polar surface area (TPSA) is 49.6 Å². The van der Waals surface area contributed by atoms with Gasteiger partial charge in [-0.05, 0) is 49.1 Å². The molecule has 0 bridgehead atoms. The lowest BCUT2D eigenvalue weighted by Crippen LogP contribution is -2.44. The van der Waals surface area contributed by atoms with Gasteiger partial charge in [-0.3, -0.25) is 4.79 Å². The van der Waals surface area contributed by atoms with Crippen molar-refractivity contribution in [3.63, 3.8) is 0 Å². The van der Waals surface area contributed by atoms with Gasteiger partial charge in [0.15, 0.2) is 0 Å². The molecule has 2 aliphatic heterocycles. The smallest absolute Gasteiger partial charge is 0.249 e. The molecule has 2 N–H and O–H groups in total. The van der Waals surface area contributed by atoms with Crippen molar-refractivity contribution in [2.24, 2.45) is 0 Å². The first-order chi connectivity index (χ1) is 11.7. The number of rotatable bonds is 2. The van der Waals surface area contributed by atoms with Crippen LogP contribution in [0, 0.1) is 5.82 Å². The molecule has 0 radical (unpaired) electrons. The molecular formula is C19H21ClFN3O. The van der Waals surface area contributed by atoms with Gasteiger partial charge < -0.3 is 15.5 Å². The minimum atomic E-state index is -0.352. The number of hydrogen-bond acceptors (Lipinski definition) is 3. The predicted molar refractivity (Wildman–Crippen MR) is 101 cm³/mol. The van der Waals surface area contributed by atoms with E-state index >= 15 is 0 Å². The molecule has 4 nitrogen and oxygen atoms in total. The Bertz CT molecular complexity index is 798. The first kappa shape index (κ1) is 17.5. The van der Waals surface area contributed by atoms with Crippen molar-refractivity contribution in [2.45, 2.75) is 25.3 Å². The number of nitrogen functional groups attached to an aromatic ring is 1. The molecule has 6 heteroatoms. The molecule has 2 heterocycles. The Kier molecular flexibility index (Phi) is 4.86. The van der Waals surface area contributed by atoms with E-state index in [9.17, 15) is 9.18 Å². The molecule has 1 fully saturated rings. The van der Waals surface area contributed by atoms with Crippen molar-refractivity contribution in [2.75, 3.05) is 28.6 Å². The fraction of sp³-hybridized carbons (Fsp3) is 0.316. The van der Waals surface area contributed by atoms with Crippen molar-refractivity contribution in [3.8, 4) is 0 Å². The Labute approximate surface area is 152 Å². The molecule has 0 aliphatic carbocycles. The van der Waals surface area contributed by atoms with Gasteiger partial charge in [-0.1, -0.05) is 18.2 Å². The SMILES string of the molecule is Cl.Nc1cccc2c1CCCN2C1CCN(c2ccccc2F)C1=O. The second-order valence-electron chi connectivity index (χ2n) is 6.39. The number of carbonyl (C=O) groups is 1. The maximum atomic E-state index is 14.1. The maximum absolute atomic E-state index is 14.1. The average molecular weight is 362 g/mol. The summed E-state index contributed by atoms with van der Waals surface area (Å²) in [7, 11) is 0. The van der Waals surface area contributed by atoms with Crippen molar-refractivity contribution in [1.29, 1.82) is 0 Å². The Morgan fingerprint density at radius 1 is 1.04 bits per heavy atom. The van der Waals surface area contributed by atoms with Crippen molar-refractivity contribution >= 4 is 35.4 Å². The summed E-state index contributed by atoms with van der Waals surface area (Å²) in [5.41, 5.74) is 9.44. The van der Waals surface area contributed by atoms with Crippen molar-refractivity contribution in [1.82, 2.24) is 0 Å². The third-order valence-corrected chi connectivity index (χ3v) is 5.02. The van der Waals surface area contributed by atoms with Crippen LogP contribution in [-0.2, 0) is 11.2 Å². The molecule has 1 unspecified atom stereocenters. The highest BCUT2D eigenvalue weighted by molar-refractivity contribution is 6.01. The highest BCUT2D eigenvalue weighted by atomic mass is 35.5. The fourth-order valence-electron chi connectivity index (χ4n) is 3.87. The van der Waals surface area contributed by atoms with Crippen LogP contribution in [0.4, 0.5) is 21.5 Å². The molecular weight excluding hydrogens is 341 g/mol. The number of anilines is 3. The average Bonchev–Trinajstić information content (AvgIpc) is 2.97. The Balaban J connectivity index is 0.00000182. The van der Waals surface area contributed by atoms with Crippen LogP contribution in [0.25, 0.3) is 0 Å². The van der Waals surface area contributed by atoms with E-state index in [2.05, 4.69) is 4.90 Å². The van der Waals surface area contributed by atoms with Crippen LogP contribution in [0.15, 0.2) is 42.5 Å². The predicted octanol–water partition coefficient (Wildman–Crippen LogP) is 3.39. The fourth-order valence-corrected chi connectivity index (χ4v) is 3.87. The van der Waals surface area contributed by atoms with Gasteiger partial charge in [0, 0.05) is 24.5 Å². The van der Waals surface area contributed by atoms with Crippen LogP contribution in [0.1, 0.15) is 18.4 Å². The minimum Gasteiger partial charge on any atom is -0.398 e. The summed E-state index contributed by atoms with van der Waals surface area (Å²) in [6.07, 6.45) is 2.61. The molecule has 1 saturated heterocycles. The van der Waals surface area contributed by atoms with E-state index < -0.39 is 0 Å². The third-order valence-electron chi connectivity index (χ3n) is 5.02. The van der Waals surface area contributed by atoms with Crippen molar-refractivity contribution in [3.05, 3.63) is 53.8 Å². The van der Waals surface area contributed by atoms with E-state index in [4.69, 9.17) is 5.73 Å². The van der Waals surface area contributed by atoms with Crippen LogP contribution < -0.4 is 15.5 Å². The molecule has 0 saturated carbocycles. The van der Waals surface area contributed by atoms with Gasteiger partial charge in [0.25, 0.3) is 0 Å². The molecule has 2 aliphatic rings. The largest absolute Gasteiger partial charge is 0.398 e. The summed E-state index contributed by atoms with van der Waals surface area (Å²) in [4.78, 5) is 16.7. The second-order valence-corrected chi connectivity index (χ2v) is 6.39. The summed E-state index contributed by atoms with van der Waals surface area (Å²) in [5.74, 6) is -0.384. The van der Waals surface area contributed by atoms with Gasteiger partial charge in [-0.2, -0.15) is 0 Å². The van der Waals surface area contributed by atoms with Crippen molar-refractivity contribution < 1.29 is 9.18 Å². The lowest BCUT2D eigenvalue weighted by Gasteiger charge is -2.35. The van der Waals surface area contributed by atoms with E-state index in [1.165, 1.54) is 6.07 Å². The number of nitrogens with two attached hydrogens (primary N) is 1. The summed E-state index contributed by atoms with van der Waals surface area (Å²) >= 11 is 0. The molecule has 1 atom stereocenters. The van der Waals surface area contributed by atoms with Crippen LogP contribution in [-0.4, -0.2) is 25.0 Å². The monoisotopic (exact) mass is 361 g/mol. The molecule has 25 heavy (non-hydrogen) atoms. The highest BCUT2D eigenvalue weighted by Gasteiger charge is 2.39. The zero-order chi connectivity index (χ0) is 16.7. The Morgan fingerprint density at radius 2 is 1.80 bits per heavy atom. The van der Waals surface area contributed by atoms with E-state index in [0.29, 0.717) is 18.7 Å². The lowest BCUT2D eigenvalue weighted by atomic mass is 9.98. The number of amides is 1. The van der Waals surface area contributed by atoms with Gasteiger partial charge >= 0.3 is 0 Å². The summed E-state index contributed by atoms with van der Waals surface area (Å²) in [6, 6.07) is 12.1. The number of para-hydroxylation sites is 1.